The molecule has 116 valence electrons. The summed E-state index contributed by atoms with van der Waals surface area (Å²) in [7, 11) is 0. The third-order valence-electron chi connectivity index (χ3n) is 2.80. The molecule has 0 aliphatic heterocycles. The molecule has 1 rings (SSSR count). The lowest BCUT2D eigenvalue weighted by atomic mass is 10.1. The minimum Gasteiger partial charge on any atom is -0.480 e. The molecule has 1 aromatic carbocycles. The van der Waals surface area contributed by atoms with Gasteiger partial charge in [0.25, 0.3) is 0 Å². The molecule has 0 aliphatic carbocycles. The molecule has 1 atom stereocenters. The molecule has 2 amide bonds. The van der Waals surface area contributed by atoms with E-state index in [2.05, 4.69) is 10.6 Å². The van der Waals surface area contributed by atoms with Crippen molar-refractivity contribution in [2.24, 2.45) is 0 Å². The summed E-state index contributed by atoms with van der Waals surface area (Å²) in [4.78, 5) is 22.4. The molecule has 0 spiro atoms. The number of carboxylic acid groups (broad SMARTS) is 1. The number of rotatable bonds is 7. The van der Waals surface area contributed by atoms with Crippen LogP contribution in [-0.4, -0.2) is 29.7 Å². The van der Waals surface area contributed by atoms with E-state index in [9.17, 15) is 18.4 Å². The number of hydrogen-bond acceptors (Lipinski definition) is 2. The highest BCUT2D eigenvalue weighted by Crippen LogP contribution is 2.08. The number of hydrogen-bond donors (Lipinski definition) is 3. The van der Waals surface area contributed by atoms with Crippen molar-refractivity contribution in [3.63, 3.8) is 0 Å². The van der Waals surface area contributed by atoms with Crippen LogP contribution in [0.3, 0.4) is 0 Å². The van der Waals surface area contributed by atoms with Crippen LogP contribution in [0.5, 0.6) is 0 Å². The number of urea groups is 1. The molecule has 0 fully saturated rings. The first kappa shape index (κ1) is 16.9. The van der Waals surface area contributed by atoms with Crippen molar-refractivity contribution < 1.29 is 23.5 Å². The van der Waals surface area contributed by atoms with Crippen LogP contribution in [0.25, 0.3) is 0 Å². The van der Waals surface area contributed by atoms with Gasteiger partial charge in [0.2, 0.25) is 0 Å². The van der Waals surface area contributed by atoms with Gasteiger partial charge in [0.1, 0.15) is 17.7 Å². The van der Waals surface area contributed by atoms with Crippen LogP contribution in [-0.2, 0) is 11.2 Å². The maximum Gasteiger partial charge on any atom is 0.326 e. The number of amides is 2. The van der Waals surface area contributed by atoms with E-state index in [1.807, 2.05) is 6.92 Å². The van der Waals surface area contributed by atoms with Gasteiger partial charge in [-0.3, -0.25) is 0 Å². The zero-order valence-electron chi connectivity index (χ0n) is 11.7. The molecule has 21 heavy (non-hydrogen) atoms. The minimum absolute atomic E-state index is 0.146. The summed E-state index contributed by atoms with van der Waals surface area (Å²) < 4.78 is 25.9. The molecule has 0 heterocycles. The molecule has 5 nitrogen and oxygen atoms in total. The average molecular weight is 300 g/mol. The van der Waals surface area contributed by atoms with Crippen molar-refractivity contribution in [3.05, 3.63) is 35.4 Å². The van der Waals surface area contributed by atoms with E-state index in [0.717, 1.165) is 6.07 Å². The van der Waals surface area contributed by atoms with Gasteiger partial charge in [0.05, 0.1) is 0 Å². The van der Waals surface area contributed by atoms with Gasteiger partial charge in [-0.15, -0.1) is 0 Å². The Labute approximate surface area is 121 Å². The van der Waals surface area contributed by atoms with E-state index in [1.54, 1.807) is 0 Å². The van der Waals surface area contributed by atoms with Crippen LogP contribution >= 0.6 is 0 Å². The molecule has 7 heteroatoms. The molecule has 0 saturated heterocycles. The normalized spacial score (nSPS) is 11.8. The third-order valence-corrected chi connectivity index (χ3v) is 2.80. The highest BCUT2D eigenvalue weighted by molar-refractivity contribution is 5.82. The number of carbonyl (C=O) groups excluding carboxylic acids is 1. The molecular weight excluding hydrogens is 282 g/mol. The van der Waals surface area contributed by atoms with Gasteiger partial charge in [-0.1, -0.05) is 13.3 Å². The van der Waals surface area contributed by atoms with Crippen molar-refractivity contribution >= 4 is 12.0 Å². The molecule has 0 bridgehead atoms. The first-order valence-corrected chi connectivity index (χ1v) is 6.64. The minimum atomic E-state index is -1.10. The topological polar surface area (TPSA) is 78.4 Å². The van der Waals surface area contributed by atoms with E-state index in [0.29, 0.717) is 18.4 Å². The summed E-state index contributed by atoms with van der Waals surface area (Å²) in [6, 6.07) is 1.57. The zero-order chi connectivity index (χ0) is 15.8. The van der Waals surface area contributed by atoms with Crippen LogP contribution in [0.15, 0.2) is 18.2 Å². The van der Waals surface area contributed by atoms with Crippen LogP contribution in [0.1, 0.15) is 25.3 Å². The molecule has 0 aromatic heterocycles. The Balaban J connectivity index is 2.40. The summed E-state index contributed by atoms with van der Waals surface area (Å²) in [5.41, 5.74) is 0.413. The Hall–Kier alpha value is -2.18. The molecule has 0 aliphatic rings. The Kier molecular flexibility index (Phi) is 6.58. The molecule has 3 N–H and O–H groups in total. The highest BCUT2D eigenvalue weighted by atomic mass is 19.1. The molecular formula is C14H18F2N2O3. The van der Waals surface area contributed by atoms with E-state index >= 15 is 0 Å². The van der Waals surface area contributed by atoms with Crippen LogP contribution in [0.4, 0.5) is 13.6 Å². The molecule has 1 aromatic rings. The number of nitrogens with one attached hydrogen (secondary N) is 2. The van der Waals surface area contributed by atoms with Gasteiger partial charge < -0.3 is 15.7 Å². The lowest BCUT2D eigenvalue weighted by Crippen LogP contribution is -2.46. The van der Waals surface area contributed by atoms with Crippen molar-refractivity contribution in [1.29, 1.82) is 0 Å². The summed E-state index contributed by atoms with van der Waals surface area (Å²) >= 11 is 0. The van der Waals surface area contributed by atoms with Crippen molar-refractivity contribution in [2.75, 3.05) is 6.54 Å². The first-order chi connectivity index (χ1) is 9.92. The summed E-state index contributed by atoms with van der Waals surface area (Å²) in [6.45, 7) is 1.96. The first-order valence-electron chi connectivity index (χ1n) is 6.64. The fourth-order valence-electron chi connectivity index (χ4n) is 1.83. The standard InChI is InChI=1S/C14H18F2N2O3/c1-2-3-12(13(19)20)18-14(21)17-5-4-9-6-10(15)8-11(16)7-9/h6-8,12H,2-5H2,1H3,(H,19,20)(H2,17,18,21)/t12-/m1/s1. The predicted molar refractivity (Wildman–Crippen MR) is 72.9 cm³/mol. The van der Waals surface area contributed by atoms with E-state index in [4.69, 9.17) is 5.11 Å². The Morgan fingerprint density at radius 1 is 1.24 bits per heavy atom. The lowest BCUT2D eigenvalue weighted by molar-refractivity contribution is -0.139. The quantitative estimate of drug-likeness (QED) is 0.721. The van der Waals surface area contributed by atoms with Crippen molar-refractivity contribution in [1.82, 2.24) is 10.6 Å². The fraction of sp³-hybridized carbons (Fsp3) is 0.429. The predicted octanol–water partition coefficient (Wildman–Crippen LogP) is 2.06. The number of carboxylic acids is 1. The third kappa shape index (κ3) is 6.20. The number of halogens is 2. The summed E-state index contributed by atoms with van der Waals surface area (Å²) in [5, 5.41) is 13.7. The lowest BCUT2D eigenvalue weighted by Gasteiger charge is -2.14. The largest absolute Gasteiger partial charge is 0.480 e. The van der Waals surface area contributed by atoms with Crippen molar-refractivity contribution in [2.45, 2.75) is 32.2 Å². The van der Waals surface area contributed by atoms with Crippen LogP contribution < -0.4 is 10.6 Å². The van der Waals surface area contributed by atoms with E-state index < -0.39 is 29.7 Å². The second-order valence-electron chi connectivity index (χ2n) is 4.61. The Morgan fingerprint density at radius 2 is 1.86 bits per heavy atom. The summed E-state index contributed by atoms with van der Waals surface area (Å²) in [5.74, 6) is -2.45. The Morgan fingerprint density at radius 3 is 2.38 bits per heavy atom. The maximum atomic E-state index is 13.0. The second-order valence-corrected chi connectivity index (χ2v) is 4.61. The number of benzene rings is 1. The number of aliphatic carboxylic acids is 1. The van der Waals surface area contributed by atoms with Gasteiger partial charge in [-0.25, -0.2) is 18.4 Å². The zero-order valence-corrected chi connectivity index (χ0v) is 11.7. The summed E-state index contributed by atoms with van der Waals surface area (Å²) in [6.07, 6.45) is 1.20. The van der Waals surface area contributed by atoms with Gasteiger partial charge in [0, 0.05) is 12.6 Å². The molecule has 0 saturated carbocycles. The van der Waals surface area contributed by atoms with Crippen molar-refractivity contribution in [3.8, 4) is 0 Å². The molecule has 0 unspecified atom stereocenters. The van der Waals surface area contributed by atoms with Crippen LogP contribution in [0.2, 0.25) is 0 Å². The van der Waals surface area contributed by atoms with E-state index in [-0.39, 0.29) is 13.0 Å². The van der Waals surface area contributed by atoms with Gasteiger partial charge in [-0.2, -0.15) is 0 Å². The maximum absolute atomic E-state index is 13.0. The van der Waals surface area contributed by atoms with Gasteiger partial charge in [-0.05, 0) is 30.5 Å². The SMILES string of the molecule is CCC[C@@H](NC(=O)NCCc1cc(F)cc(F)c1)C(=O)O. The van der Waals surface area contributed by atoms with E-state index in [1.165, 1.54) is 12.1 Å². The highest BCUT2D eigenvalue weighted by Gasteiger charge is 2.18. The Bertz CT molecular complexity index is 489. The monoisotopic (exact) mass is 300 g/mol. The molecule has 0 radical (unpaired) electrons. The second kappa shape index (κ2) is 8.18. The van der Waals surface area contributed by atoms with Gasteiger partial charge in [0.15, 0.2) is 0 Å². The van der Waals surface area contributed by atoms with Crippen LogP contribution in [0, 0.1) is 11.6 Å². The average Bonchev–Trinajstić information content (AvgIpc) is 2.36. The number of carbonyl (C=O) groups is 2. The smallest absolute Gasteiger partial charge is 0.326 e. The fourth-order valence-corrected chi connectivity index (χ4v) is 1.83. The van der Waals surface area contributed by atoms with Gasteiger partial charge >= 0.3 is 12.0 Å².